The highest BCUT2D eigenvalue weighted by Crippen LogP contribution is 2.34. The van der Waals surface area contributed by atoms with E-state index in [0.29, 0.717) is 23.2 Å². The monoisotopic (exact) mass is 496 g/mol. The average Bonchev–Trinajstić information content (AvgIpc) is 3.30. The van der Waals surface area contributed by atoms with Crippen LogP contribution in [0, 0.1) is 18.3 Å². The first kappa shape index (κ1) is 23.7. The van der Waals surface area contributed by atoms with Crippen LogP contribution in [0.2, 0.25) is 0 Å². The summed E-state index contributed by atoms with van der Waals surface area (Å²) in [5.41, 5.74) is 5.28. The van der Waals surface area contributed by atoms with Crippen LogP contribution < -0.4 is 20.9 Å². The second-order valence-corrected chi connectivity index (χ2v) is 9.66. The lowest BCUT2D eigenvalue weighted by atomic mass is 10.0. The number of nitriles is 1. The summed E-state index contributed by atoms with van der Waals surface area (Å²) in [5.74, 6) is 0.444. The Bertz CT molecular complexity index is 1360. The summed E-state index contributed by atoms with van der Waals surface area (Å²) in [6.45, 7) is 4.82. The Morgan fingerprint density at radius 1 is 1.14 bits per heavy atom. The summed E-state index contributed by atoms with van der Waals surface area (Å²) in [7, 11) is 1.83. The number of aryl methyl sites for hydroxylation is 1. The molecule has 1 fully saturated rings. The highest BCUT2D eigenvalue weighted by Gasteiger charge is 2.23. The van der Waals surface area contributed by atoms with Gasteiger partial charge in [-0.25, -0.2) is 15.0 Å². The first-order valence-corrected chi connectivity index (χ1v) is 12.8. The third-order valence-corrected chi connectivity index (χ3v) is 7.44. The van der Waals surface area contributed by atoms with Crippen LogP contribution in [0.1, 0.15) is 16.8 Å². The average molecular weight is 497 g/mol. The molecule has 8 nitrogen and oxygen atoms in total. The number of nitrogens with zero attached hydrogens (tertiary/aromatic N) is 5. The van der Waals surface area contributed by atoms with Gasteiger partial charge in [-0.2, -0.15) is 5.26 Å². The summed E-state index contributed by atoms with van der Waals surface area (Å²) in [5, 5.41) is 20.3. The summed E-state index contributed by atoms with van der Waals surface area (Å²) in [4.78, 5) is 16.9. The fourth-order valence-electron chi connectivity index (χ4n) is 4.45. The minimum atomic E-state index is 0.398. The van der Waals surface area contributed by atoms with E-state index in [1.165, 1.54) is 22.6 Å². The van der Waals surface area contributed by atoms with E-state index in [1.54, 1.807) is 6.20 Å². The van der Waals surface area contributed by atoms with Gasteiger partial charge >= 0.3 is 0 Å². The smallest absolute Gasteiger partial charge is 0.227 e. The molecule has 0 radical (unpaired) electrons. The van der Waals surface area contributed by atoms with Crippen LogP contribution in [0.15, 0.2) is 60.8 Å². The van der Waals surface area contributed by atoms with Gasteiger partial charge in [-0.3, -0.25) is 0 Å². The summed E-state index contributed by atoms with van der Waals surface area (Å²) < 4.78 is 0. The Morgan fingerprint density at radius 3 is 2.67 bits per heavy atom. The SMILES string of the molecule is CNc1nc(C)c(-c2nc(Nc3ccc(N4CCNCC4Cc4ccccc4)cc3)ncc2C#N)s1. The molecule has 0 spiro atoms. The Morgan fingerprint density at radius 2 is 1.94 bits per heavy atom. The maximum Gasteiger partial charge on any atom is 0.227 e. The molecule has 182 valence electrons. The largest absolute Gasteiger partial charge is 0.366 e. The van der Waals surface area contributed by atoms with Crippen LogP contribution in [0.4, 0.5) is 22.5 Å². The van der Waals surface area contributed by atoms with Gasteiger partial charge in [-0.15, -0.1) is 0 Å². The van der Waals surface area contributed by atoms with Crippen molar-refractivity contribution in [3.8, 4) is 16.6 Å². The van der Waals surface area contributed by atoms with Crippen molar-refractivity contribution in [2.45, 2.75) is 19.4 Å². The summed E-state index contributed by atoms with van der Waals surface area (Å²) >= 11 is 1.47. The number of hydrogen-bond acceptors (Lipinski definition) is 9. The van der Waals surface area contributed by atoms with Gasteiger partial charge in [0.15, 0.2) is 5.13 Å². The fourth-order valence-corrected chi connectivity index (χ4v) is 5.38. The lowest BCUT2D eigenvalue weighted by Gasteiger charge is -2.38. The van der Waals surface area contributed by atoms with Crippen LogP contribution in [0.25, 0.3) is 10.6 Å². The molecule has 3 heterocycles. The number of rotatable bonds is 7. The predicted molar refractivity (Wildman–Crippen MR) is 146 cm³/mol. The molecule has 0 bridgehead atoms. The van der Waals surface area contributed by atoms with E-state index in [1.807, 2.05) is 14.0 Å². The Kier molecular flexibility index (Phi) is 7.07. The quantitative estimate of drug-likeness (QED) is 0.342. The first-order chi connectivity index (χ1) is 17.6. The molecule has 0 amide bonds. The predicted octanol–water partition coefficient (Wildman–Crippen LogP) is 4.59. The molecule has 0 saturated carbocycles. The number of anilines is 4. The van der Waals surface area contributed by atoms with Crippen molar-refractivity contribution in [2.75, 3.05) is 42.2 Å². The van der Waals surface area contributed by atoms with Crippen LogP contribution in [0.3, 0.4) is 0 Å². The number of piperazine rings is 1. The zero-order chi connectivity index (χ0) is 24.9. The van der Waals surface area contributed by atoms with Crippen LogP contribution in [-0.4, -0.2) is 47.7 Å². The molecule has 36 heavy (non-hydrogen) atoms. The van der Waals surface area contributed by atoms with E-state index >= 15 is 0 Å². The highest BCUT2D eigenvalue weighted by molar-refractivity contribution is 7.19. The Balaban J connectivity index is 1.34. The van der Waals surface area contributed by atoms with Crippen molar-refractivity contribution >= 4 is 33.8 Å². The lowest BCUT2D eigenvalue weighted by Crippen LogP contribution is -2.52. The molecule has 1 aliphatic heterocycles. The van der Waals surface area contributed by atoms with Gasteiger partial charge in [0.1, 0.15) is 11.8 Å². The number of hydrogen-bond donors (Lipinski definition) is 3. The molecular formula is C27H28N8S. The van der Waals surface area contributed by atoms with E-state index in [4.69, 9.17) is 0 Å². The third-order valence-electron chi connectivity index (χ3n) is 6.25. The van der Waals surface area contributed by atoms with Gasteiger partial charge in [-0.05, 0) is 43.2 Å². The van der Waals surface area contributed by atoms with Gasteiger partial charge < -0.3 is 20.9 Å². The topological polar surface area (TPSA) is 102 Å². The van der Waals surface area contributed by atoms with Gasteiger partial charge in [0.25, 0.3) is 0 Å². The molecule has 2 aromatic heterocycles. The van der Waals surface area contributed by atoms with E-state index in [0.717, 1.165) is 47.4 Å². The first-order valence-electron chi connectivity index (χ1n) is 12.0. The second-order valence-electron chi connectivity index (χ2n) is 8.66. The lowest BCUT2D eigenvalue weighted by molar-refractivity contribution is 0.473. The minimum absolute atomic E-state index is 0.398. The molecular weight excluding hydrogens is 468 g/mol. The maximum atomic E-state index is 9.59. The second kappa shape index (κ2) is 10.7. The minimum Gasteiger partial charge on any atom is -0.366 e. The van der Waals surface area contributed by atoms with Crippen LogP contribution in [-0.2, 0) is 6.42 Å². The molecule has 4 aromatic rings. The van der Waals surface area contributed by atoms with Crippen molar-refractivity contribution in [1.29, 1.82) is 5.26 Å². The van der Waals surface area contributed by atoms with E-state index in [9.17, 15) is 5.26 Å². The van der Waals surface area contributed by atoms with Gasteiger partial charge in [0.05, 0.1) is 22.3 Å². The van der Waals surface area contributed by atoms with Crippen molar-refractivity contribution in [2.24, 2.45) is 0 Å². The molecule has 1 unspecified atom stereocenters. The molecule has 1 aliphatic rings. The molecule has 3 N–H and O–H groups in total. The molecule has 1 atom stereocenters. The molecule has 1 saturated heterocycles. The van der Waals surface area contributed by atoms with Crippen molar-refractivity contribution in [1.82, 2.24) is 20.3 Å². The van der Waals surface area contributed by atoms with Crippen LogP contribution >= 0.6 is 11.3 Å². The van der Waals surface area contributed by atoms with Crippen molar-refractivity contribution in [3.63, 3.8) is 0 Å². The van der Waals surface area contributed by atoms with Crippen LogP contribution in [0.5, 0.6) is 0 Å². The maximum absolute atomic E-state index is 9.59. The zero-order valence-electron chi connectivity index (χ0n) is 20.3. The summed E-state index contributed by atoms with van der Waals surface area (Å²) in [6.07, 6.45) is 2.56. The van der Waals surface area contributed by atoms with Gasteiger partial charge in [-0.1, -0.05) is 41.7 Å². The third kappa shape index (κ3) is 5.15. The molecule has 0 aliphatic carbocycles. The Labute approximate surface area is 215 Å². The number of nitrogens with one attached hydrogen (secondary N) is 3. The summed E-state index contributed by atoms with van der Waals surface area (Å²) in [6, 6.07) is 21.6. The molecule has 9 heteroatoms. The zero-order valence-corrected chi connectivity index (χ0v) is 21.1. The molecule has 2 aromatic carbocycles. The normalized spacial score (nSPS) is 15.4. The Hall–Kier alpha value is -4.00. The van der Waals surface area contributed by atoms with E-state index < -0.39 is 0 Å². The fraction of sp³-hybridized carbons (Fsp3) is 0.259. The standard InChI is InChI=1S/C27H28N8S/c1-18-25(36-27(29-2)32-18)24-20(15-28)16-31-26(34-24)33-21-8-10-22(11-9-21)35-13-12-30-17-23(35)14-19-6-4-3-5-7-19/h3-11,16,23,30H,12-14,17H2,1-2H3,(H,29,32)(H,31,33,34). The number of thiazole rings is 1. The number of aromatic nitrogens is 3. The van der Waals surface area contributed by atoms with E-state index in [2.05, 4.69) is 96.5 Å². The van der Waals surface area contributed by atoms with Crippen molar-refractivity contribution < 1.29 is 0 Å². The highest BCUT2D eigenvalue weighted by atomic mass is 32.1. The van der Waals surface area contributed by atoms with Gasteiger partial charge in [0.2, 0.25) is 5.95 Å². The molecule has 5 rings (SSSR count). The number of benzene rings is 2. The van der Waals surface area contributed by atoms with Crippen molar-refractivity contribution in [3.05, 3.63) is 77.6 Å². The van der Waals surface area contributed by atoms with Gasteiger partial charge in [0, 0.05) is 44.1 Å². The van der Waals surface area contributed by atoms with E-state index in [-0.39, 0.29) is 0 Å².